The monoisotopic (exact) mass is 953 g/mol. The first-order chi connectivity index (χ1) is 37.2. The van der Waals surface area contributed by atoms with E-state index in [2.05, 4.69) is 314 Å². The van der Waals surface area contributed by atoms with Gasteiger partial charge in [0, 0.05) is 17.1 Å². The Labute approximate surface area is 440 Å². The van der Waals surface area contributed by atoms with Crippen molar-refractivity contribution in [1.82, 2.24) is 0 Å². The molecule has 0 unspecified atom stereocenters. The van der Waals surface area contributed by atoms with Gasteiger partial charge in [0.15, 0.2) is 0 Å². The highest BCUT2D eigenvalue weighted by Gasteiger charge is 2.56. The van der Waals surface area contributed by atoms with Crippen molar-refractivity contribution < 1.29 is 0 Å². The lowest BCUT2D eigenvalue weighted by atomic mass is 9.51. The Morgan fingerprint density at radius 3 is 0.907 bits per heavy atom. The molecule has 12 aromatic carbocycles. The lowest BCUT2D eigenvalue weighted by Crippen LogP contribution is -2.44. The molecule has 0 N–H and O–H groups in total. The molecule has 1 spiro atoms. The van der Waals surface area contributed by atoms with Gasteiger partial charge >= 0.3 is 0 Å². The molecule has 0 bridgehead atoms. The smallest absolute Gasteiger partial charge is 0.0720 e. The van der Waals surface area contributed by atoms with Gasteiger partial charge in [-0.2, -0.15) is 0 Å². The maximum absolute atomic E-state index is 2.41. The molecule has 0 saturated heterocycles. The van der Waals surface area contributed by atoms with Crippen LogP contribution in [0.15, 0.2) is 309 Å². The molecule has 0 atom stereocenters. The summed E-state index contributed by atoms with van der Waals surface area (Å²) in [6.45, 7) is 0. The minimum Gasteiger partial charge on any atom is -0.311 e. The third-order valence-corrected chi connectivity index (χ3v) is 16.1. The van der Waals surface area contributed by atoms with Gasteiger partial charge in [-0.05, 0) is 137 Å². The van der Waals surface area contributed by atoms with Crippen LogP contribution in [0.4, 0.5) is 17.1 Å². The molecule has 75 heavy (non-hydrogen) atoms. The summed E-state index contributed by atoms with van der Waals surface area (Å²) in [6.07, 6.45) is 0. The van der Waals surface area contributed by atoms with Gasteiger partial charge in [0.05, 0.1) is 10.8 Å². The minimum absolute atomic E-state index is 0.537. The highest BCUT2D eigenvalue weighted by atomic mass is 15.1. The van der Waals surface area contributed by atoms with Crippen molar-refractivity contribution in [1.29, 1.82) is 0 Å². The fraction of sp³-hybridized carbons (Fsp3) is 0.0270. The molecular formula is C74H51N. The fourth-order valence-electron chi connectivity index (χ4n) is 12.8. The number of benzene rings is 12. The Hall–Kier alpha value is -9.56. The zero-order valence-corrected chi connectivity index (χ0v) is 41.4. The second-order valence-corrected chi connectivity index (χ2v) is 19.9. The Kier molecular flexibility index (Phi) is 10.7. The summed E-state index contributed by atoms with van der Waals surface area (Å²) in [6, 6.07) is 114. The molecule has 2 aliphatic carbocycles. The Morgan fingerprint density at radius 2 is 0.480 bits per heavy atom. The highest BCUT2D eigenvalue weighted by molar-refractivity contribution is 5.97. The van der Waals surface area contributed by atoms with Gasteiger partial charge in [-0.3, -0.25) is 0 Å². The average molecular weight is 954 g/mol. The van der Waals surface area contributed by atoms with E-state index in [0.717, 1.165) is 17.1 Å². The Bertz CT molecular complexity index is 3820. The average Bonchev–Trinajstić information content (AvgIpc) is 3.95. The lowest BCUT2D eigenvalue weighted by molar-refractivity contribution is 0.623. The third kappa shape index (κ3) is 7.00. The summed E-state index contributed by atoms with van der Waals surface area (Å²) in [7, 11) is 0. The number of rotatable bonds is 9. The molecule has 0 aromatic heterocycles. The summed E-state index contributed by atoms with van der Waals surface area (Å²) in [5.41, 5.74) is 24.8. The molecule has 352 valence electrons. The highest BCUT2D eigenvalue weighted by Crippen LogP contribution is 2.65. The predicted octanol–water partition coefficient (Wildman–Crippen LogP) is 18.9. The van der Waals surface area contributed by atoms with Crippen LogP contribution in [0.5, 0.6) is 0 Å². The van der Waals surface area contributed by atoms with Crippen LogP contribution in [-0.4, -0.2) is 0 Å². The maximum Gasteiger partial charge on any atom is 0.0720 e. The molecule has 1 nitrogen and oxygen atoms in total. The van der Waals surface area contributed by atoms with E-state index in [-0.39, 0.29) is 0 Å². The normalized spacial score (nSPS) is 13.3. The van der Waals surface area contributed by atoms with Crippen molar-refractivity contribution in [3.63, 3.8) is 0 Å². The van der Waals surface area contributed by atoms with Gasteiger partial charge in [0.2, 0.25) is 0 Å². The van der Waals surface area contributed by atoms with Crippen LogP contribution in [0, 0.1) is 0 Å². The molecule has 0 fully saturated rings. The van der Waals surface area contributed by atoms with Crippen molar-refractivity contribution in [3.05, 3.63) is 354 Å². The molecule has 2 aliphatic rings. The minimum atomic E-state index is -0.550. The quantitative estimate of drug-likeness (QED) is 0.139. The van der Waals surface area contributed by atoms with E-state index in [4.69, 9.17) is 0 Å². The van der Waals surface area contributed by atoms with Crippen molar-refractivity contribution in [2.45, 2.75) is 10.8 Å². The number of hydrogen-bond acceptors (Lipinski definition) is 1. The van der Waals surface area contributed by atoms with Crippen molar-refractivity contribution >= 4 is 17.1 Å². The van der Waals surface area contributed by atoms with Gasteiger partial charge < -0.3 is 4.90 Å². The first kappa shape index (κ1) is 44.2. The van der Waals surface area contributed by atoms with E-state index < -0.39 is 10.8 Å². The Balaban J connectivity index is 0.852. The second kappa shape index (κ2) is 18.2. The van der Waals surface area contributed by atoms with E-state index in [0.29, 0.717) is 0 Å². The zero-order chi connectivity index (χ0) is 49.8. The molecule has 14 rings (SSSR count). The van der Waals surface area contributed by atoms with Crippen LogP contribution < -0.4 is 4.90 Å². The van der Waals surface area contributed by atoms with Crippen molar-refractivity contribution in [3.8, 4) is 55.6 Å². The SMILES string of the molecule is c1ccc(-c2ccc(N(c3ccc(-c4ccccc4)cc3)c3ccc(-c4ccc(-c5cccc6c5-c5ccccc5C65c6ccccc6C(c6ccccc6)(c6ccccc6)c6ccccc65)cc4)cc3)cc2)cc1. The van der Waals surface area contributed by atoms with Gasteiger partial charge in [-0.1, -0.05) is 273 Å². The van der Waals surface area contributed by atoms with Crippen molar-refractivity contribution in [2.75, 3.05) is 4.90 Å². The number of hydrogen-bond donors (Lipinski definition) is 0. The topological polar surface area (TPSA) is 3.24 Å². The van der Waals surface area contributed by atoms with Crippen LogP contribution >= 0.6 is 0 Å². The van der Waals surface area contributed by atoms with E-state index in [1.54, 1.807) is 0 Å². The fourth-order valence-corrected chi connectivity index (χ4v) is 12.8. The molecule has 12 aromatic rings. The van der Waals surface area contributed by atoms with E-state index >= 15 is 0 Å². The molecular weight excluding hydrogens is 903 g/mol. The molecule has 0 amide bonds. The van der Waals surface area contributed by atoms with E-state index in [1.165, 1.54) is 100 Å². The maximum atomic E-state index is 2.41. The summed E-state index contributed by atoms with van der Waals surface area (Å²) >= 11 is 0. The number of anilines is 3. The van der Waals surface area contributed by atoms with Gasteiger partial charge in [0.25, 0.3) is 0 Å². The number of nitrogens with zero attached hydrogens (tertiary/aromatic N) is 1. The zero-order valence-electron chi connectivity index (χ0n) is 41.4. The summed E-state index contributed by atoms with van der Waals surface area (Å²) < 4.78 is 0. The van der Waals surface area contributed by atoms with Gasteiger partial charge in [0.1, 0.15) is 0 Å². The third-order valence-electron chi connectivity index (χ3n) is 16.1. The molecule has 0 aliphatic heterocycles. The second-order valence-electron chi connectivity index (χ2n) is 19.9. The van der Waals surface area contributed by atoms with Crippen LogP contribution in [0.3, 0.4) is 0 Å². The van der Waals surface area contributed by atoms with Crippen LogP contribution in [-0.2, 0) is 10.8 Å². The summed E-state index contributed by atoms with van der Waals surface area (Å²) in [4.78, 5) is 2.35. The first-order valence-corrected chi connectivity index (χ1v) is 26.1. The van der Waals surface area contributed by atoms with Crippen molar-refractivity contribution in [2.24, 2.45) is 0 Å². The van der Waals surface area contributed by atoms with Crippen LogP contribution in [0.25, 0.3) is 55.6 Å². The van der Waals surface area contributed by atoms with Crippen LogP contribution in [0.1, 0.15) is 44.5 Å². The predicted molar refractivity (Wildman–Crippen MR) is 312 cm³/mol. The molecule has 0 saturated carbocycles. The summed E-state index contributed by atoms with van der Waals surface area (Å²) in [5.74, 6) is 0. The van der Waals surface area contributed by atoms with Crippen LogP contribution in [0.2, 0.25) is 0 Å². The number of fused-ring (bicyclic) bond motifs is 9. The molecule has 0 heterocycles. The Morgan fingerprint density at radius 1 is 0.187 bits per heavy atom. The summed E-state index contributed by atoms with van der Waals surface area (Å²) in [5, 5.41) is 0. The van der Waals surface area contributed by atoms with Gasteiger partial charge in [-0.25, -0.2) is 0 Å². The van der Waals surface area contributed by atoms with E-state index in [9.17, 15) is 0 Å². The standard InChI is InChI=1S/C74H51N/c1-5-20-52(21-6-1)55-40-46-61(47-41-55)75(62-48-42-56(43-49-62)53-22-7-2-8-23-53)63-50-44-57(45-51-63)54-36-38-58(39-37-54)64-29-19-35-71-72(64)65-28-13-14-30-66(65)74(71)69-33-17-15-31-67(69)73(59-24-9-3-10-25-59,60-26-11-4-12-27-60)68-32-16-18-34-70(68)74/h1-51H. The molecule has 0 radical (unpaired) electrons. The lowest BCUT2D eigenvalue weighted by Gasteiger charge is -2.50. The van der Waals surface area contributed by atoms with E-state index in [1.807, 2.05) is 0 Å². The van der Waals surface area contributed by atoms with Gasteiger partial charge in [-0.15, -0.1) is 0 Å². The largest absolute Gasteiger partial charge is 0.311 e. The molecule has 1 heteroatoms. The first-order valence-electron chi connectivity index (χ1n) is 26.1.